The van der Waals surface area contributed by atoms with E-state index < -0.39 is 23.6 Å². The number of piperazine rings is 1. The zero-order chi connectivity index (χ0) is 22.6. The van der Waals surface area contributed by atoms with Crippen molar-refractivity contribution in [1.82, 2.24) is 20.0 Å². The van der Waals surface area contributed by atoms with Gasteiger partial charge in [-0.15, -0.1) is 0 Å². The van der Waals surface area contributed by atoms with Crippen LogP contribution in [-0.4, -0.2) is 85.1 Å². The van der Waals surface area contributed by atoms with Gasteiger partial charge < -0.3 is 24.6 Å². The van der Waals surface area contributed by atoms with Gasteiger partial charge in [-0.25, -0.2) is 9.59 Å². The number of amides is 5. The molecule has 0 aromatic heterocycles. The molecule has 2 saturated heterocycles. The number of urea groups is 1. The number of rotatable bonds is 6. The van der Waals surface area contributed by atoms with E-state index in [1.54, 1.807) is 43.2 Å². The van der Waals surface area contributed by atoms with E-state index >= 15 is 0 Å². The highest BCUT2D eigenvalue weighted by atomic mass is 16.6. The molecular weight excluding hydrogens is 404 g/mol. The molecule has 0 spiro atoms. The molecule has 168 valence electrons. The molecule has 1 N–H and O–H groups in total. The Kier molecular flexibility index (Phi) is 6.67. The third kappa shape index (κ3) is 4.28. The van der Waals surface area contributed by atoms with Gasteiger partial charge in [0.1, 0.15) is 17.8 Å². The van der Waals surface area contributed by atoms with Crippen molar-refractivity contribution in [1.29, 1.82) is 0 Å². The van der Waals surface area contributed by atoms with E-state index in [1.165, 1.54) is 4.90 Å². The van der Waals surface area contributed by atoms with Crippen LogP contribution >= 0.6 is 0 Å². The number of ether oxygens (including phenoxy) is 2. The zero-order valence-corrected chi connectivity index (χ0v) is 18.1. The molecule has 0 radical (unpaired) electrons. The first-order valence-corrected chi connectivity index (χ1v) is 10.3. The summed E-state index contributed by atoms with van der Waals surface area (Å²) in [6.45, 7) is 4.81. The van der Waals surface area contributed by atoms with Crippen molar-refractivity contribution < 1.29 is 28.7 Å². The van der Waals surface area contributed by atoms with Gasteiger partial charge in [0.25, 0.3) is 5.91 Å². The maximum atomic E-state index is 13.2. The van der Waals surface area contributed by atoms with E-state index in [0.29, 0.717) is 43.9 Å². The Hall–Kier alpha value is -3.30. The molecule has 0 aliphatic carbocycles. The molecule has 0 saturated carbocycles. The number of hydrogen-bond donors (Lipinski definition) is 1. The molecule has 2 fully saturated rings. The normalized spacial score (nSPS) is 21.2. The summed E-state index contributed by atoms with van der Waals surface area (Å²) >= 11 is 0. The van der Waals surface area contributed by atoms with Crippen LogP contribution in [0, 0.1) is 0 Å². The van der Waals surface area contributed by atoms with Gasteiger partial charge in [-0.2, -0.15) is 0 Å². The van der Waals surface area contributed by atoms with Gasteiger partial charge in [0.05, 0.1) is 13.7 Å². The molecule has 3 rings (SSSR count). The molecule has 5 amide bonds. The minimum atomic E-state index is -1.22. The molecule has 31 heavy (non-hydrogen) atoms. The fourth-order valence-corrected chi connectivity index (χ4v) is 3.87. The number of carbonyl (C=O) groups excluding carboxylic acids is 4. The van der Waals surface area contributed by atoms with E-state index in [4.69, 9.17) is 9.47 Å². The van der Waals surface area contributed by atoms with Crippen LogP contribution in [0.1, 0.15) is 25.8 Å². The molecule has 0 bridgehead atoms. The Bertz CT molecular complexity index is 850. The standard InChI is InChI=1S/C21H28N4O6/c1-4-21(15-6-8-16(30-3)9-7-15)18(27)25(19(28)22-21)14-17(26)23-10-12-24(13-11-23)20(29)31-5-2/h6-9H,4-5,10-14H2,1-3H3,(H,22,28). The maximum Gasteiger partial charge on any atom is 0.409 e. The summed E-state index contributed by atoms with van der Waals surface area (Å²) < 4.78 is 10.1. The summed E-state index contributed by atoms with van der Waals surface area (Å²) in [7, 11) is 1.55. The number of hydrogen-bond acceptors (Lipinski definition) is 6. The lowest BCUT2D eigenvalue weighted by Crippen LogP contribution is -2.53. The summed E-state index contributed by atoms with van der Waals surface area (Å²) in [6.07, 6.45) is -0.0665. The van der Waals surface area contributed by atoms with Crippen molar-refractivity contribution in [3.8, 4) is 5.75 Å². The monoisotopic (exact) mass is 432 g/mol. The lowest BCUT2D eigenvalue weighted by atomic mass is 9.87. The highest BCUT2D eigenvalue weighted by molar-refractivity contribution is 6.09. The molecule has 1 aromatic rings. The summed E-state index contributed by atoms with van der Waals surface area (Å²) in [5.74, 6) is -0.155. The fourth-order valence-electron chi connectivity index (χ4n) is 3.87. The van der Waals surface area contributed by atoms with Crippen LogP contribution in [-0.2, 0) is 19.9 Å². The first-order valence-electron chi connectivity index (χ1n) is 10.3. The minimum absolute atomic E-state index is 0.289. The molecule has 10 heteroatoms. The molecule has 2 heterocycles. The first-order chi connectivity index (χ1) is 14.9. The quantitative estimate of drug-likeness (QED) is 0.676. The van der Waals surface area contributed by atoms with E-state index in [-0.39, 0.29) is 19.1 Å². The van der Waals surface area contributed by atoms with Gasteiger partial charge in [0.15, 0.2) is 0 Å². The molecule has 1 aromatic carbocycles. The second kappa shape index (κ2) is 9.23. The van der Waals surface area contributed by atoms with Gasteiger partial charge in [-0.3, -0.25) is 14.5 Å². The highest BCUT2D eigenvalue weighted by Gasteiger charge is 2.51. The molecule has 2 aliphatic rings. The van der Waals surface area contributed by atoms with Crippen LogP contribution in [0.2, 0.25) is 0 Å². The van der Waals surface area contributed by atoms with E-state index in [9.17, 15) is 19.2 Å². The Labute approximate surface area is 181 Å². The number of methoxy groups -OCH3 is 1. The Balaban J connectivity index is 1.67. The van der Waals surface area contributed by atoms with Crippen LogP contribution in [0.4, 0.5) is 9.59 Å². The summed E-state index contributed by atoms with van der Waals surface area (Å²) in [4.78, 5) is 54.5. The molecule has 1 unspecified atom stereocenters. The van der Waals surface area contributed by atoms with Crippen molar-refractivity contribution in [3.05, 3.63) is 29.8 Å². The summed E-state index contributed by atoms with van der Waals surface area (Å²) in [5.41, 5.74) is -0.584. The topological polar surface area (TPSA) is 108 Å². The van der Waals surface area contributed by atoms with Crippen LogP contribution in [0.25, 0.3) is 0 Å². The number of nitrogens with one attached hydrogen (secondary N) is 1. The molecule has 1 atom stereocenters. The molecule has 2 aliphatic heterocycles. The van der Waals surface area contributed by atoms with Crippen molar-refractivity contribution in [3.63, 3.8) is 0 Å². The second-order valence-corrected chi connectivity index (χ2v) is 7.38. The minimum Gasteiger partial charge on any atom is -0.497 e. The predicted molar refractivity (Wildman–Crippen MR) is 110 cm³/mol. The lowest BCUT2D eigenvalue weighted by Gasteiger charge is -2.34. The summed E-state index contributed by atoms with van der Waals surface area (Å²) in [6, 6.07) is 6.33. The van der Waals surface area contributed by atoms with E-state index in [0.717, 1.165) is 4.90 Å². The van der Waals surface area contributed by atoms with Gasteiger partial charge in [-0.1, -0.05) is 19.1 Å². The maximum absolute atomic E-state index is 13.2. The SMILES string of the molecule is CCOC(=O)N1CCN(C(=O)CN2C(=O)NC(CC)(c3ccc(OC)cc3)C2=O)CC1. The average Bonchev–Trinajstić information content (AvgIpc) is 3.04. The number of imide groups is 1. The van der Waals surface area contributed by atoms with Gasteiger partial charge in [0.2, 0.25) is 5.91 Å². The smallest absolute Gasteiger partial charge is 0.409 e. The molecular formula is C21H28N4O6. The number of carbonyl (C=O) groups is 4. The Morgan fingerprint density at radius 1 is 1.03 bits per heavy atom. The zero-order valence-electron chi connectivity index (χ0n) is 18.1. The Morgan fingerprint density at radius 3 is 2.19 bits per heavy atom. The van der Waals surface area contributed by atoms with Crippen LogP contribution in [0.15, 0.2) is 24.3 Å². The number of benzene rings is 1. The lowest BCUT2D eigenvalue weighted by molar-refractivity contribution is -0.140. The van der Waals surface area contributed by atoms with Gasteiger partial charge in [0, 0.05) is 26.2 Å². The summed E-state index contributed by atoms with van der Waals surface area (Å²) in [5, 5.41) is 2.77. The van der Waals surface area contributed by atoms with Crippen LogP contribution in [0.5, 0.6) is 5.75 Å². The first kappa shape index (κ1) is 22.4. The van der Waals surface area contributed by atoms with Crippen LogP contribution in [0.3, 0.4) is 0 Å². The van der Waals surface area contributed by atoms with Gasteiger partial charge in [-0.05, 0) is 31.0 Å². The predicted octanol–water partition coefficient (Wildman–Crippen LogP) is 1.15. The van der Waals surface area contributed by atoms with Crippen molar-refractivity contribution in [2.75, 3.05) is 46.4 Å². The number of nitrogens with zero attached hydrogens (tertiary/aromatic N) is 3. The average molecular weight is 432 g/mol. The van der Waals surface area contributed by atoms with Crippen molar-refractivity contribution in [2.45, 2.75) is 25.8 Å². The highest BCUT2D eigenvalue weighted by Crippen LogP contribution is 2.33. The van der Waals surface area contributed by atoms with Crippen molar-refractivity contribution >= 4 is 23.9 Å². The second-order valence-electron chi connectivity index (χ2n) is 7.38. The third-order valence-corrected chi connectivity index (χ3v) is 5.74. The Morgan fingerprint density at radius 2 is 1.65 bits per heavy atom. The van der Waals surface area contributed by atoms with Crippen molar-refractivity contribution in [2.24, 2.45) is 0 Å². The van der Waals surface area contributed by atoms with E-state index in [2.05, 4.69) is 5.32 Å². The van der Waals surface area contributed by atoms with E-state index in [1.807, 2.05) is 6.92 Å². The fraction of sp³-hybridized carbons (Fsp3) is 0.524. The van der Waals surface area contributed by atoms with Gasteiger partial charge >= 0.3 is 12.1 Å². The third-order valence-electron chi connectivity index (χ3n) is 5.74. The molecule has 10 nitrogen and oxygen atoms in total. The largest absolute Gasteiger partial charge is 0.497 e. The van der Waals surface area contributed by atoms with Crippen LogP contribution < -0.4 is 10.1 Å².